The van der Waals surface area contributed by atoms with Gasteiger partial charge in [0, 0.05) is 5.69 Å². The lowest BCUT2D eigenvalue weighted by molar-refractivity contribution is 0.102. The van der Waals surface area contributed by atoms with Gasteiger partial charge in [0.25, 0.3) is 5.91 Å². The Morgan fingerprint density at radius 2 is 1.80 bits per heavy atom. The number of aromatic nitrogens is 1. The average molecular weight is 423 g/mol. The van der Waals surface area contributed by atoms with E-state index < -0.39 is 13.5 Å². The Hall–Kier alpha value is -0.950. The minimum Gasteiger partial charge on any atom is -0.321 e. The average Bonchev–Trinajstić information content (AvgIpc) is 2.89. The van der Waals surface area contributed by atoms with Crippen molar-refractivity contribution >= 4 is 53.9 Å². The largest absolute Gasteiger partial charge is 0.335 e. The molecular formula is C15H17Cl2N2O4PS. The van der Waals surface area contributed by atoms with Crippen LogP contribution in [0.1, 0.15) is 29.9 Å². The Morgan fingerprint density at radius 3 is 2.28 bits per heavy atom. The monoisotopic (exact) mass is 422 g/mol. The third-order valence-corrected chi connectivity index (χ3v) is 6.72. The predicted octanol–water partition coefficient (Wildman–Crippen LogP) is 5.47. The molecule has 136 valence electrons. The molecule has 0 bridgehead atoms. The Morgan fingerprint density at radius 1 is 1.20 bits per heavy atom. The van der Waals surface area contributed by atoms with Crippen molar-refractivity contribution < 1.29 is 18.4 Å². The smallest absolute Gasteiger partial charge is 0.321 e. The molecule has 6 nitrogen and oxygen atoms in total. The number of nitrogens with zero attached hydrogens (tertiary/aromatic N) is 1. The van der Waals surface area contributed by atoms with Crippen LogP contribution in [-0.2, 0) is 19.8 Å². The minimum atomic E-state index is -3.16. The topological polar surface area (TPSA) is 77.5 Å². The van der Waals surface area contributed by atoms with E-state index in [4.69, 9.17) is 32.2 Å². The Kier molecular flexibility index (Phi) is 7.43. The second-order valence-electron chi connectivity index (χ2n) is 4.87. The first-order valence-corrected chi connectivity index (χ1v) is 10.7. The molecule has 0 radical (unpaired) electrons. The number of carbonyl (C=O) groups is 1. The van der Waals surface area contributed by atoms with E-state index in [9.17, 15) is 9.36 Å². The summed E-state index contributed by atoms with van der Waals surface area (Å²) in [7, 11) is -3.16. The molecule has 2 rings (SSSR count). The van der Waals surface area contributed by atoms with Gasteiger partial charge in [0.05, 0.1) is 19.4 Å². The fourth-order valence-corrected chi connectivity index (χ4v) is 4.73. The molecule has 1 amide bonds. The summed E-state index contributed by atoms with van der Waals surface area (Å²) in [5, 5.41) is 2.82. The quantitative estimate of drug-likeness (QED) is 0.570. The van der Waals surface area contributed by atoms with Gasteiger partial charge >= 0.3 is 7.60 Å². The van der Waals surface area contributed by atoms with E-state index in [1.165, 1.54) is 0 Å². The van der Waals surface area contributed by atoms with E-state index in [0.29, 0.717) is 18.9 Å². The van der Waals surface area contributed by atoms with Crippen LogP contribution in [0.3, 0.4) is 0 Å². The first-order valence-electron chi connectivity index (χ1n) is 7.47. The van der Waals surface area contributed by atoms with Gasteiger partial charge < -0.3 is 14.4 Å². The zero-order valence-electron chi connectivity index (χ0n) is 13.6. The standard InChI is InChI=1S/C15H17Cl2N2O4PS/c1-3-22-24(21,23-4-2)9-10-5-7-11(8-6-10)18-15(20)13-12(16)14(17)25-19-13/h5-8H,3-4,9H2,1-2H3,(H,18,20). The summed E-state index contributed by atoms with van der Waals surface area (Å²) in [6.07, 6.45) is 0.163. The van der Waals surface area contributed by atoms with Crippen molar-refractivity contribution in [2.45, 2.75) is 20.0 Å². The van der Waals surface area contributed by atoms with E-state index >= 15 is 0 Å². The number of halogens is 2. The molecule has 1 aromatic carbocycles. The zero-order valence-corrected chi connectivity index (χ0v) is 16.8. The molecule has 0 saturated carbocycles. The van der Waals surface area contributed by atoms with E-state index in [2.05, 4.69) is 9.69 Å². The zero-order chi connectivity index (χ0) is 18.4. The molecule has 0 unspecified atom stereocenters. The number of nitrogens with one attached hydrogen (secondary N) is 1. The lowest BCUT2D eigenvalue weighted by Gasteiger charge is -2.17. The Bertz CT molecular complexity index is 772. The minimum absolute atomic E-state index is 0.0814. The van der Waals surface area contributed by atoms with Crippen LogP contribution in [0.25, 0.3) is 0 Å². The van der Waals surface area contributed by atoms with Crippen LogP contribution in [0.4, 0.5) is 5.69 Å². The lowest BCUT2D eigenvalue weighted by Crippen LogP contribution is -2.12. The lowest BCUT2D eigenvalue weighted by atomic mass is 10.2. The van der Waals surface area contributed by atoms with Crippen molar-refractivity contribution in [1.29, 1.82) is 0 Å². The summed E-state index contributed by atoms with van der Waals surface area (Å²) in [6.45, 7) is 4.14. The summed E-state index contributed by atoms with van der Waals surface area (Å²) in [5.74, 6) is -0.449. The first kappa shape index (κ1) is 20.4. The second-order valence-corrected chi connectivity index (χ2v) is 8.68. The van der Waals surface area contributed by atoms with Crippen molar-refractivity contribution in [3.05, 3.63) is 44.9 Å². The number of hydrogen-bond donors (Lipinski definition) is 1. The van der Waals surface area contributed by atoms with Crippen molar-refractivity contribution in [2.75, 3.05) is 18.5 Å². The highest BCUT2D eigenvalue weighted by Crippen LogP contribution is 2.51. The number of benzene rings is 1. The summed E-state index contributed by atoms with van der Waals surface area (Å²) in [5.41, 5.74) is 1.41. The molecule has 1 heterocycles. The maximum Gasteiger partial charge on any atom is 0.335 e. The summed E-state index contributed by atoms with van der Waals surface area (Å²) >= 11 is 12.7. The van der Waals surface area contributed by atoms with Crippen molar-refractivity contribution in [2.24, 2.45) is 0 Å². The number of hydrogen-bond acceptors (Lipinski definition) is 6. The fourth-order valence-electron chi connectivity index (χ4n) is 2.03. The molecule has 0 spiro atoms. The Balaban J connectivity index is 2.05. The summed E-state index contributed by atoms with van der Waals surface area (Å²) in [4.78, 5) is 12.1. The van der Waals surface area contributed by atoms with Crippen LogP contribution in [-0.4, -0.2) is 23.5 Å². The fraction of sp³-hybridized carbons (Fsp3) is 0.333. The molecular weight excluding hydrogens is 406 g/mol. The highest BCUT2D eigenvalue weighted by Gasteiger charge is 2.24. The Labute approximate surface area is 160 Å². The molecule has 0 aliphatic carbocycles. The SMILES string of the molecule is CCOP(=O)(Cc1ccc(NC(=O)c2nsc(Cl)c2Cl)cc1)OCC. The highest BCUT2D eigenvalue weighted by atomic mass is 35.5. The van der Waals surface area contributed by atoms with E-state index in [1.807, 2.05) is 0 Å². The van der Waals surface area contributed by atoms with Gasteiger partial charge in [0.1, 0.15) is 9.36 Å². The number of amides is 1. The van der Waals surface area contributed by atoms with E-state index in [1.54, 1.807) is 38.1 Å². The van der Waals surface area contributed by atoms with Crippen LogP contribution >= 0.6 is 42.3 Å². The normalized spacial score (nSPS) is 11.5. The first-order chi connectivity index (χ1) is 11.9. The molecule has 0 fully saturated rings. The van der Waals surface area contributed by atoms with Gasteiger partial charge in [-0.15, -0.1) is 0 Å². The molecule has 1 N–H and O–H groups in total. The molecule has 0 atom stereocenters. The van der Waals surface area contributed by atoms with Crippen molar-refractivity contribution in [3.63, 3.8) is 0 Å². The van der Waals surface area contributed by atoms with E-state index in [0.717, 1.165) is 17.1 Å². The summed E-state index contributed by atoms with van der Waals surface area (Å²) < 4.78 is 27.2. The van der Waals surface area contributed by atoms with Crippen molar-refractivity contribution in [1.82, 2.24) is 4.37 Å². The van der Waals surface area contributed by atoms with Crippen LogP contribution in [0.2, 0.25) is 9.36 Å². The molecule has 1 aromatic heterocycles. The van der Waals surface area contributed by atoms with Crippen LogP contribution in [0, 0.1) is 0 Å². The number of carbonyl (C=O) groups excluding carboxylic acids is 1. The summed E-state index contributed by atoms with van der Waals surface area (Å²) in [6, 6.07) is 6.88. The van der Waals surface area contributed by atoms with Gasteiger partial charge in [-0.25, -0.2) is 0 Å². The predicted molar refractivity (Wildman–Crippen MR) is 101 cm³/mol. The maximum atomic E-state index is 12.5. The van der Waals surface area contributed by atoms with Crippen molar-refractivity contribution in [3.8, 4) is 0 Å². The molecule has 0 saturated heterocycles. The highest BCUT2D eigenvalue weighted by molar-refractivity contribution is 7.53. The molecule has 0 aliphatic rings. The molecule has 0 aliphatic heterocycles. The van der Waals surface area contributed by atoms with Gasteiger partial charge in [0.15, 0.2) is 5.69 Å². The number of anilines is 1. The van der Waals surface area contributed by atoms with Crippen LogP contribution < -0.4 is 5.32 Å². The van der Waals surface area contributed by atoms with Gasteiger partial charge in [-0.3, -0.25) is 9.36 Å². The molecule has 2 aromatic rings. The van der Waals surface area contributed by atoms with Gasteiger partial charge in [-0.05, 0) is 43.1 Å². The molecule has 25 heavy (non-hydrogen) atoms. The van der Waals surface area contributed by atoms with E-state index in [-0.39, 0.29) is 21.2 Å². The van der Waals surface area contributed by atoms with Gasteiger partial charge in [-0.1, -0.05) is 35.3 Å². The van der Waals surface area contributed by atoms with Gasteiger partial charge in [0.2, 0.25) is 0 Å². The third-order valence-electron chi connectivity index (χ3n) is 3.05. The van der Waals surface area contributed by atoms with Gasteiger partial charge in [-0.2, -0.15) is 4.37 Å². The number of rotatable bonds is 8. The van der Waals surface area contributed by atoms with Crippen LogP contribution in [0.15, 0.2) is 24.3 Å². The van der Waals surface area contributed by atoms with Crippen LogP contribution in [0.5, 0.6) is 0 Å². The molecule has 10 heteroatoms. The maximum absolute atomic E-state index is 12.5. The third kappa shape index (κ3) is 5.51. The second kappa shape index (κ2) is 9.12.